The molecule has 6 heteroatoms. The van der Waals surface area contributed by atoms with Crippen molar-refractivity contribution in [3.8, 4) is 0 Å². The van der Waals surface area contributed by atoms with Crippen molar-refractivity contribution < 1.29 is 14.7 Å². The van der Waals surface area contributed by atoms with Crippen LogP contribution < -0.4 is 5.32 Å². The smallest absolute Gasteiger partial charge is 0.317 e. The van der Waals surface area contributed by atoms with Gasteiger partial charge in [-0.1, -0.05) is 12.8 Å². The SMILES string of the molecule is CN1CCCN(C(=O)NC2(CC(=O)O)CCCC2)CC1. The first-order chi connectivity index (χ1) is 9.51. The Balaban J connectivity index is 1.95. The zero-order valence-corrected chi connectivity index (χ0v) is 12.2. The fraction of sp³-hybridized carbons (Fsp3) is 0.857. The lowest BCUT2D eigenvalue weighted by atomic mass is 9.93. The van der Waals surface area contributed by atoms with Crippen LogP contribution in [0.25, 0.3) is 0 Å². The highest BCUT2D eigenvalue weighted by molar-refractivity contribution is 5.77. The molecule has 20 heavy (non-hydrogen) atoms. The van der Waals surface area contributed by atoms with Gasteiger partial charge < -0.3 is 20.2 Å². The second-order valence-electron chi connectivity index (χ2n) is 6.13. The largest absolute Gasteiger partial charge is 0.481 e. The van der Waals surface area contributed by atoms with Crippen molar-refractivity contribution in [3.63, 3.8) is 0 Å². The van der Waals surface area contributed by atoms with Gasteiger partial charge in [0.25, 0.3) is 0 Å². The number of urea groups is 1. The Hall–Kier alpha value is -1.30. The summed E-state index contributed by atoms with van der Waals surface area (Å²) < 4.78 is 0. The summed E-state index contributed by atoms with van der Waals surface area (Å²) in [6.45, 7) is 3.34. The molecule has 6 nitrogen and oxygen atoms in total. The predicted octanol–water partition coefficient (Wildman–Crippen LogP) is 1.12. The summed E-state index contributed by atoms with van der Waals surface area (Å²) >= 11 is 0. The number of rotatable bonds is 3. The number of carbonyl (C=O) groups is 2. The molecule has 0 aromatic carbocycles. The molecule has 0 unspecified atom stereocenters. The molecule has 0 aromatic heterocycles. The minimum absolute atomic E-state index is 0.0342. The Morgan fingerprint density at radius 2 is 1.80 bits per heavy atom. The predicted molar refractivity (Wildman–Crippen MR) is 75.7 cm³/mol. The average molecular weight is 283 g/mol. The highest BCUT2D eigenvalue weighted by atomic mass is 16.4. The van der Waals surface area contributed by atoms with E-state index in [2.05, 4.69) is 17.3 Å². The quantitative estimate of drug-likeness (QED) is 0.814. The standard InChI is InChI=1S/C14H25N3O3/c1-16-7-4-8-17(10-9-16)13(20)15-14(11-12(18)19)5-2-3-6-14/h2-11H2,1H3,(H,15,20)(H,18,19). The molecule has 0 radical (unpaired) electrons. The van der Waals surface area contributed by atoms with E-state index >= 15 is 0 Å². The summed E-state index contributed by atoms with van der Waals surface area (Å²) in [5.41, 5.74) is -0.527. The van der Waals surface area contributed by atoms with Gasteiger partial charge in [0.15, 0.2) is 0 Å². The number of nitrogens with zero attached hydrogens (tertiary/aromatic N) is 2. The summed E-state index contributed by atoms with van der Waals surface area (Å²) in [6.07, 6.45) is 4.55. The molecule has 0 atom stereocenters. The molecule has 2 aliphatic rings. The number of hydrogen-bond donors (Lipinski definition) is 2. The third-order valence-corrected chi connectivity index (χ3v) is 4.43. The van der Waals surface area contributed by atoms with Gasteiger partial charge in [0.1, 0.15) is 0 Å². The number of carbonyl (C=O) groups excluding carboxylic acids is 1. The van der Waals surface area contributed by atoms with Gasteiger partial charge in [-0.15, -0.1) is 0 Å². The van der Waals surface area contributed by atoms with Crippen LogP contribution in [0.3, 0.4) is 0 Å². The molecule has 2 rings (SSSR count). The van der Waals surface area contributed by atoms with Crippen LogP contribution in [0.2, 0.25) is 0 Å². The van der Waals surface area contributed by atoms with Crippen LogP contribution in [0.15, 0.2) is 0 Å². The highest BCUT2D eigenvalue weighted by Crippen LogP contribution is 2.32. The van der Waals surface area contributed by atoms with Gasteiger partial charge in [0, 0.05) is 19.6 Å². The average Bonchev–Trinajstić information content (AvgIpc) is 2.68. The lowest BCUT2D eigenvalue weighted by molar-refractivity contribution is -0.138. The van der Waals surface area contributed by atoms with Crippen LogP contribution in [0.4, 0.5) is 4.79 Å². The zero-order valence-electron chi connectivity index (χ0n) is 12.2. The summed E-state index contributed by atoms with van der Waals surface area (Å²) in [5.74, 6) is -0.831. The van der Waals surface area contributed by atoms with Crippen molar-refractivity contribution in [2.45, 2.75) is 44.1 Å². The normalized spacial score (nSPS) is 23.4. The van der Waals surface area contributed by atoms with E-state index in [1.807, 2.05) is 4.90 Å². The molecule has 1 heterocycles. The first kappa shape index (κ1) is 15.1. The van der Waals surface area contributed by atoms with Gasteiger partial charge >= 0.3 is 12.0 Å². The molecule has 2 N–H and O–H groups in total. The monoisotopic (exact) mass is 283 g/mol. The second kappa shape index (κ2) is 6.43. The van der Waals surface area contributed by atoms with Crippen LogP contribution in [0.1, 0.15) is 38.5 Å². The summed E-state index contributed by atoms with van der Waals surface area (Å²) in [6, 6.07) is -0.0940. The molecular formula is C14H25N3O3. The number of likely N-dealkylation sites (N-methyl/N-ethyl adjacent to an activating group) is 1. The van der Waals surface area contributed by atoms with E-state index in [1.54, 1.807) is 0 Å². The second-order valence-corrected chi connectivity index (χ2v) is 6.13. The maximum absolute atomic E-state index is 12.4. The van der Waals surface area contributed by atoms with Gasteiger partial charge in [-0.05, 0) is 32.9 Å². The fourth-order valence-electron chi connectivity index (χ4n) is 3.24. The molecular weight excluding hydrogens is 258 g/mol. The van der Waals surface area contributed by atoms with Crippen molar-refractivity contribution >= 4 is 12.0 Å². The lowest BCUT2D eigenvalue weighted by Gasteiger charge is -2.32. The minimum atomic E-state index is -0.831. The van der Waals surface area contributed by atoms with E-state index in [0.29, 0.717) is 6.54 Å². The van der Waals surface area contributed by atoms with Gasteiger partial charge in [-0.2, -0.15) is 0 Å². The third kappa shape index (κ3) is 3.85. The summed E-state index contributed by atoms with van der Waals surface area (Å²) in [7, 11) is 2.06. The number of amides is 2. The fourth-order valence-corrected chi connectivity index (χ4v) is 3.24. The molecule has 0 spiro atoms. The number of carboxylic acid groups (broad SMARTS) is 1. The molecule has 1 aliphatic heterocycles. The van der Waals surface area contributed by atoms with E-state index in [0.717, 1.165) is 51.7 Å². The van der Waals surface area contributed by atoms with Crippen LogP contribution in [0.5, 0.6) is 0 Å². The van der Waals surface area contributed by atoms with E-state index in [4.69, 9.17) is 5.11 Å². The van der Waals surface area contributed by atoms with Crippen molar-refractivity contribution in [1.29, 1.82) is 0 Å². The van der Waals surface area contributed by atoms with Crippen LogP contribution >= 0.6 is 0 Å². The molecule has 1 saturated carbocycles. The molecule has 0 bridgehead atoms. The molecule has 1 saturated heterocycles. The molecule has 114 valence electrons. The zero-order chi connectivity index (χ0) is 14.6. The van der Waals surface area contributed by atoms with Gasteiger partial charge in [0.05, 0.1) is 12.0 Å². The highest BCUT2D eigenvalue weighted by Gasteiger charge is 2.38. The Morgan fingerprint density at radius 3 is 2.45 bits per heavy atom. The number of nitrogens with one attached hydrogen (secondary N) is 1. The first-order valence-corrected chi connectivity index (χ1v) is 7.48. The number of carboxylic acids is 1. The Labute approximate surface area is 120 Å². The third-order valence-electron chi connectivity index (χ3n) is 4.43. The maximum atomic E-state index is 12.4. The van der Waals surface area contributed by atoms with E-state index < -0.39 is 11.5 Å². The van der Waals surface area contributed by atoms with E-state index in [9.17, 15) is 9.59 Å². The lowest BCUT2D eigenvalue weighted by Crippen LogP contribution is -2.53. The van der Waals surface area contributed by atoms with Crippen molar-refractivity contribution in [2.24, 2.45) is 0 Å². The molecule has 2 fully saturated rings. The van der Waals surface area contributed by atoms with Gasteiger partial charge in [-0.25, -0.2) is 4.79 Å². The number of aliphatic carboxylic acids is 1. The Bertz CT molecular complexity index is 367. The minimum Gasteiger partial charge on any atom is -0.481 e. The van der Waals surface area contributed by atoms with Crippen LogP contribution in [-0.2, 0) is 4.79 Å². The van der Waals surface area contributed by atoms with E-state index in [1.165, 1.54) is 0 Å². The maximum Gasteiger partial charge on any atom is 0.317 e. The molecule has 2 amide bonds. The van der Waals surface area contributed by atoms with Gasteiger partial charge in [-0.3, -0.25) is 4.79 Å². The van der Waals surface area contributed by atoms with Crippen LogP contribution in [0, 0.1) is 0 Å². The summed E-state index contributed by atoms with van der Waals surface area (Å²) in [4.78, 5) is 27.5. The van der Waals surface area contributed by atoms with Gasteiger partial charge in [0.2, 0.25) is 0 Å². The van der Waals surface area contributed by atoms with Crippen molar-refractivity contribution in [1.82, 2.24) is 15.1 Å². The molecule has 1 aliphatic carbocycles. The Kier molecular flexibility index (Phi) is 4.86. The van der Waals surface area contributed by atoms with E-state index in [-0.39, 0.29) is 12.5 Å². The topological polar surface area (TPSA) is 72.9 Å². The number of hydrogen-bond acceptors (Lipinski definition) is 3. The van der Waals surface area contributed by atoms with Crippen molar-refractivity contribution in [2.75, 3.05) is 33.2 Å². The van der Waals surface area contributed by atoms with Crippen molar-refractivity contribution in [3.05, 3.63) is 0 Å². The molecule has 0 aromatic rings. The first-order valence-electron chi connectivity index (χ1n) is 7.48. The summed E-state index contributed by atoms with van der Waals surface area (Å²) in [5, 5.41) is 12.1. The Morgan fingerprint density at radius 1 is 1.10 bits per heavy atom. The van der Waals surface area contributed by atoms with Crippen LogP contribution in [-0.4, -0.2) is 65.7 Å².